The van der Waals surface area contributed by atoms with Crippen LogP contribution in [0, 0.1) is 0 Å². The van der Waals surface area contributed by atoms with E-state index in [2.05, 4.69) is 69.3 Å². The van der Waals surface area contributed by atoms with Gasteiger partial charge >= 0.3 is 5.97 Å². The molecule has 0 saturated carbocycles. The number of carbonyl (C=O) groups excluding carboxylic acids is 1. The van der Waals surface area contributed by atoms with Crippen LogP contribution in [0.25, 0.3) is 0 Å². The number of hydrogen-bond acceptors (Lipinski definition) is 4. The first-order chi connectivity index (χ1) is 15.4. The second-order valence-electron chi connectivity index (χ2n) is 9.19. The number of ether oxygens (including phenoxy) is 1. The lowest BCUT2D eigenvalue weighted by molar-refractivity contribution is -0.142. The van der Waals surface area contributed by atoms with Crippen LogP contribution in [0.3, 0.4) is 0 Å². The van der Waals surface area contributed by atoms with Gasteiger partial charge in [0.25, 0.3) is 8.32 Å². The lowest BCUT2D eigenvalue weighted by Crippen LogP contribution is -2.67. The van der Waals surface area contributed by atoms with Crippen molar-refractivity contribution in [3.63, 3.8) is 0 Å². The molecule has 0 unspecified atom stereocenters. The second-order valence-corrected chi connectivity index (χ2v) is 14.8. The maximum Gasteiger partial charge on any atom is 0.319 e. The standard InChI is InChI=1S/C27H30O3SSi/c1-27(2,3)32(23-15-9-5-10-16-23,24-17-11-6-12-18-24)29-20-21-19-25(26(28)30-21)31-22-13-7-4-8-14-22/h4-18,21,25H,19-20H2,1-3H3/t21-,25+/m0/s1. The highest BCUT2D eigenvalue weighted by Crippen LogP contribution is 2.38. The van der Waals surface area contributed by atoms with Crippen molar-refractivity contribution < 1.29 is 14.0 Å². The van der Waals surface area contributed by atoms with Gasteiger partial charge in [-0.25, -0.2) is 0 Å². The van der Waals surface area contributed by atoms with Crippen LogP contribution in [0.15, 0.2) is 95.9 Å². The van der Waals surface area contributed by atoms with Crippen molar-refractivity contribution in [3.05, 3.63) is 91.0 Å². The van der Waals surface area contributed by atoms with Gasteiger partial charge in [-0.15, -0.1) is 11.8 Å². The summed E-state index contributed by atoms with van der Waals surface area (Å²) >= 11 is 1.58. The Bertz CT molecular complexity index is 980. The molecule has 1 saturated heterocycles. The smallest absolute Gasteiger partial charge is 0.319 e. The fourth-order valence-corrected chi connectivity index (χ4v) is 10.2. The van der Waals surface area contributed by atoms with Crippen molar-refractivity contribution in [2.24, 2.45) is 0 Å². The lowest BCUT2D eigenvalue weighted by Gasteiger charge is -2.43. The van der Waals surface area contributed by atoms with E-state index in [1.54, 1.807) is 11.8 Å². The predicted molar refractivity (Wildman–Crippen MR) is 134 cm³/mol. The Morgan fingerprint density at radius 1 is 0.875 bits per heavy atom. The third kappa shape index (κ3) is 4.70. The van der Waals surface area contributed by atoms with Gasteiger partial charge in [-0.2, -0.15) is 0 Å². The van der Waals surface area contributed by atoms with E-state index in [1.807, 2.05) is 42.5 Å². The summed E-state index contributed by atoms with van der Waals surface area (Å²) in [5.74, 6) is -0.144. The monoisotopic (exact) mass is 462 g/mol. The Hall–Kier alpha value is -2.34. The molecular weight excluding hydrogens is 432 g/mol. The van der Waals surface area contributed by atoms with Crippen LogP contribution in [0.2, 0.25) is 5.04 Å². The molecule has 166 valence electrons. The van der Waals surface area contributed by atoms with Crippen LogP contribution in [-0.2, 0) is 14.0 Å². The normalized spacial score (nSPS) is 19.0. The number of rotatable bonds is 7. The summed E-state index contributed by atoms with van der Waals surface area (Å²) in [6.45, 7) is 7.18. The fraction of sp³-hybridized carbons (Fsp3) is 0.296. The van der Waals surface area contributed by atoms with E-state index < -0.39 is 8.32 Å². The van der Waals surface area contributed by atoms with Crippen LogP contribution in [0.4, 0.5) is 0 Å². The number of hydrogen-bond donors (Lipinski definition) is 0. The summed E-state index contributed by atoms with van der Waals surface area (Å²) in [5, 5.41) is 2.18. The molecule has 0 N–H and O–H groups in total. The van der Waals surface area contributed by atoms with E-state index in [9.17, 15) is 4.79 Å². The summed E-state index contributed by atoms with van der Waals surface area (Å²) in [6.07, 6.45) is 0.432. The first-order valence-electron chi connectivity index (χ1n) is 11.1. The van der Waals surface area contributed by atoms with Crippen molar-refractivity contribution in [3.8, 4) is 0 Å². The van der Waals surface area contributed by atoms with Crippen LogP contribution in [0.5, 0.6) is 0 Å². The lowest BCUT2D eigenvalue weighted by atomic mass is 10.2. The summed E-state index contributed by atoms with van der Waals surface area (Å²) in [7, 11) is -2.63. The van der Waals surface area contributed by atoms with Gasteiger partial charge in [-0.1, -0.05) is 99.6 Å². The van der Waals surface area contributed by atoms with E-state index in [4.69, 9.17) is 9.16 Å². The first kappa shape index (κ1) is 22.8. The maximum atomic E-state index is 12.6. The zero-order valence-electron chi connectivity index (χ0n) is 18.9. The van der Waals surface area contributed by atoms with Crippen LogP contribution >= 0.6 is 11.8 Å². The molecule has 3 aromatic rings. The molecule has 0 aromatic heterocycles. The average molecular weight is 463 g/mol. The van der Waals surface area contributed by atoms with E-state index in [-0.39, 0.29) is 22.4 Å². The molecule has 0 bridgehead atoms. The van der Waals surface area contributed by atoms with Crippen molar-refractivity contribution in [1.29, 1.82) is 0 Å². The fourth-order valence-electron chi connectivity index (χ4n) is 4.46. The highest BCUT2D eigenvalue weighted by Gasteiger charge is 2.51. The third-order valence-electron chi connectivity index (χ3n) is 5.95. The second kappa shape index (κ2) is 9.65. The molecule has 4 rings (SSSR count). The molecule has 2 atom stereocenters. The molecule has 1 heterocycles. The summed E-state index contributed by atoms with van der Waals surface area (Å²) in [6, 6.07) is 31.2. The number of carbonyl (C=O) groups is 1. The minimum absolute atomic E-state index is 0.101. The average Bonchev–Trinajstić information content (AvgIpc) is 3.14. The Balaban J connectivity index is 1.58. The van der Waals surface area contributed by atoms with Crippen molar-refractivity contribution in [1.82, 2.24) is 0 Å². The van der Waals surface area contributed by atoms with Gasteiger partial charge in [-0.3, -0.25) is 4.79 Å². The predicted octanol–water partition coefficient (Wildman–Crippen LogP) is 5.04. The van der Waals surface area contributed by atoms with Gasteiger partial charge in [0.05, 0.1) is 6.61 Å². The largest absolute Gasteiger partial charge is 0.459 e. The van der Waals surface area contributed by atoms with E-state index >= 15 is 0 Å². The molecule has 5 heteroatoms. The van der Waals surface area contributed by atoms with Gasteiger partial charge in [0, 0.05) is 11.3 Å². The minimum atomic E-state index is -2.63. The summed E-state index contributed by atoms with van der Waals surface area (Å²) < 4.78 is 12.7. The minimum Gasteiger partial charge on any atom is -0.459 e. The van der Waals surface area contributed by atoms with E-state index in [0.717, 1.165) is 4.90 Å². The van der Waals surface area contributed by atoms with Gasteiger partial charge in [-0.05, 0) is 27.5 Å². The number of thioether (sulfide) groups is 1. The summed E-state index contributed by atoms with van der Waals surface area (Å²) in [4.78, 5) is 13.6. The third-order valence-corrected chi connectivity index (χ3v) is 12.2. The topological polar surface area (TPSA) is 35.5 Å². The Labute approximate surface area is 196 Å². The molecule has 32 heavy (non-hydrogen) atoms. The molecule has 0 radical (unpaired) electrons. The zero-order chi connectivity index (χ0) is 22.6. The molecule has 0 amide bonds. The molecule has 1 aliphatic rings. The van der Waals surface area contributed by atoms with Crippen molar-refractivity contribution in [2.45, 2.75) is 48.5 Å². The van der Waals surface area contributed by atoms with E-state index in [1.165, 1.54) is 10.4 Å². The maximum absolute atomic E-state index is 12.6. The van der Waals surface area contributed by atoms with Gasteiger partial charge in [0.2, 0.25) is 0 Å². The molecule has 0 aliphatic carbocycles. The van der Waals surface area contributed by atoms with Crippen molar-refractivity contribution >= 4 is 36.4 Å². The Kier molecular flexibility index (Phi) is 6.89. The first-order valence-corrected chi connectivity index (χ1v) is 13.9. The number of esters is 1. The summed E-state index contributed by atoms with van der Waals surface area (Å²) in [5.41, 5.74) is 0. The zero-order valence-corrected chi connectivity index (χ0v) is 20.7. The SMILES string of the molecule is CC(C)(C)[Si](OC[C@@H]1C[C@@H](Sc2ccccc2)C(=O)O1)(c1ccccc1)c1ccccc1. The van der Waals surface area contributed by atoms with Crippen LogP contribution in [-0.4, -0.2) is 32.2 Å². The molecule has 0 spiro atoms. The number of cyclic esters (lactones) is 1. The van der Waals surface area contributed by atoms with Crippen molar-refractivity contribution in [2.75, 3.05) is 6.61 Å². The quantitative estimate of drug-likeness (QED) is 0.364. The van der Waals surface area contributed by atoms with Gasteiger partial charge < -0.3 is 9.16 Å². The Morgan fingerprint density at radius 2 is 1.38 bits per heavy atom. The number of benzene rings is 3. The van der Waals surface area contributed by atoms with Crippen LogP contribution < -0.4 is 10.4 Å². The molecule has 1 aliphatic heterocycles. The van der Waals surface area contributed by atoms with Gasteiger partial charge in [0.1, 0.15) is 11.4 Å². The molecular formula is C27H30O3SSi. The van der Waals surface area contributed by atoms with E-state index in [0.29, 0.717) is 13.0 Å². The Morgan fingerprint density at radius 3 is 1.88 bits per heavy atom. The van der Waals surface area contributed by atoms with Gasteiger partial charge in [0.15, 0.2) is 0 Å². The highest BCUT2D eigenvalue weighted by molar-refractivity contribution is 8.00. The van der Waals surface area contributed by atoms with Crippen LogP contribution in [0.1, 0.15) is 27.2 Å². The molecule has 3 nitrogen and oxygen atoms in total. The molecule has 1 fully saturated rings. The highest BCUT2D eigenvalue weighted by atomic mass is 32.2. The molecule has 3 aromatic carbocycles.